The molecular weight excluding hydrogens is 476 g/mol. The Morgan fingerprint density at radius 2 is 0.895 bits per heavy atom. The summed E-state index contributed by atoms with van der Waals surface area (Å²) in [5, 5.41) is 46.2. The molecule has 3 aliphatic carbocycles. The molecule has 5 nitrogen and oxygen atoms in total. The van der Waals surface area contributed by atoms with Crippen molar-refractivity contribution in [3.8, 4) is 0 Å². The predicted molar refractivity (Wildman–Crippen MR) is 154 cm³/mol. The third kappa shape index (κ3) is 5.63. The predicted octanol–water partition coefficient (Wildman–Crippen LogP) is 6.84. The van der Waals surface area contributed by atoms with Crippen molar-refractivity contribution in [2.45, 2.75) is 138 Å². The summed E-state index contributed by atoms with van der Waals surface area (Å²) >= 11 is 0. The summed E-state index contributed by atoms with van der Waals surface area (Å²) in [6, 6.07) is 0. The van der Waals surface area contributed by atoms with Crippen LogP contribution in [0.2, 0.25) is 0 Å². The van der Waals surface area contributed by atoms with Crippen LogP contribution in [0.1, 0.15) is 120 Å². The molecule has 38 heavy (non-hydrogen) atoms. The minimum absolute atomic E-state index is 0.279. The lowest BCUT2D eigenvalue weighted by Crippen LogP contribution is -2.54. The smallest absolute Gasteiger partial charge is 0.332 e. The number of carboxylic acid groups (broad SMARTS) is 1. The molecule has 9 unspecified atom stereocenters. The van der Waals surface area contributed by atoms with Gasteiger partial charge in [-0.3, -0.25) is 0 Å². The van der Waals surface area contributed by atoms with E-state index < -0.39 is 40.5 Å². The average Bonchev–Trinajstić information content (AvgIpc) is 2.82. The van der Waals surface area contributed by atoms with E-state index in [4.69, 9.17) is 0 Å². The number of aliphatic hydroxyl groups excluding tert-OH is 3. The Morgan fingerprint density at radius 1 is 0.605 bits per heavy atom. The molecule has 0 radical (unpaired) electrons. The zero-order chi connectivity index (χ0) is 28.8. The molecule has 0 aliphatic heterocycles. The number of hydrogen-bond donors (Lipinski definition) is 4. The van der Waals surface area contributed by atoms with E-state index >= 15 is 0 Å². The Kier molecular flexibility index (Phi) is 9.59. The van der Waals surface area contributed by atoms with Crippen molar-refractivity contribution >= 4 is 5.97 Å². The molecule has 0 spiro atoms. The van der Waals surface area contributed by atoms with E-state index in [0.29, 0.717) is 74.0 Å². The standard InChI is InChI=1S/C33H58O5/c1-19(2)22-10-13-31(7,25(34)16-22)28(30(37)38)29(32(8)14-11-23(20(3)4)17-26(32)35)33(9)15-12-24(21(5)6)18-27(33)36/h19-27,34-36H,10-18H2,1-9H3,(H,37,38). The van der Waals surface area contributed by atoms with Crippen molar-refractivity contribution in [2.75, 3.05) is 0 Å². The van der Waals surface area contributed by atoms with E-state index in [-0.39, 0.29) is 5.57 Å². The topological polar surface area (TPSA) is 98.0 Å². The number of rotatable bonds is 7. The van der Waals surface area contributed by atoms with Gasteiger partial charge in [-0.2, -0.15) is 0 Å². The Bertz CT molecular complexity index is 837. The Balaban J connectivity index is 2.23. The first-order valence-electron chi connectivity index (χ1n) is 15.5. The van der Waals surface area contributed by atoms with Gasteiger partial charge in [0.1, 0.15) is 0 Å². The fourth-order valence-corrected chi connectivity index (χ4v) is 8.50. The maximum atomic E-state index is 13.4. The molecule has 220 valence electrons. The molecule has 0 saturated heterocycles. The summed E-state index contributed by atoms with van der Waals surface area (Å²) in [4.78, 5) is 13.4. The Hall–Kier alpha value is -0.910. The van der Waals surface area contributed by atoms with Crippen LogP contribution in [0.4, 0.5) is 0 Å². The van der Waals surface area contributed by atoms with Crippen molar-refractivity contribution in [3.05, 3.63) is 11.1 Å². The molecule has 0 aromatic carbocycles. The largest absolute Gasteiger partial charge is 0.478 e. The van der Waals surface area contributed by atoms with Gasteiger partial charge in [0.25, 0.3) is 0 Å². The van der Waals surface area contributed by atoms with Gasteiger partial charge in [-0.1, -0.05) is 62.3 Å². The number of hydrogen-bond acceptors (Lipinski definition) is 4. The van der Waals surface area contributed by atoms with Crippen molar-refractivity contribution in [1.29, 1.82) is 0 Å². The average molecular weight is 535 g/mol. The molecule has 5 heteroatoms. The highest BCUT2D eigenvalue weighted by Gasteiger charge is 2.57. The summed E-state index contributed by atoms with van der Waals surface area (Å²) in [5.74, 6) is 1.49. The monoisotopic (exact) mass is 534 g/mol. The molecule has 0 aromatic heterocycles. The third-order valence-corrected chi connectivity index (χ3v) is 11.9. The van der Waals surface area contributed by atoms with Gasteiger partial charge in [0.05, 0.1) is 18.3 Å². The quantitative estimate of drug-likeness (QED) is 0.268. The van der Waals surface area contributed by atoms with Gasteiger partial charge in [-0.25, -0.2) is 4.79 Å². The van der Waals surface area contributed by atoms with Crippen LogP contribution in [0.3, 0.4) is 0 Å². The highest BCUT2D eigenvalue weighted by Crippen LogP contribution is 2.61. The molecule has 3 rings (SSSR count). The first-order valence-corrected chi connectivity index (χ1v) is 15.5. The number of carbonyl (C=O) groups is 1. The van der Waals surface area contributed by atoms with Crippen LogP contribution in [-0.2, 0) is 4.79 Å². The van der Waals surface area contributed by atoms with E-state index in [1.54, 1.807) is 0 Å². The lowest BCUT2D eigenvalue weighted by Gasteiger charge is -2.56. The highest BCUT2D eigenvalue weighted by atomic mass is 16.4. The first-order chi connectivity index (χ1) is 17.5. The Labute approximate surface area is 232 Å². The van der Waals surface area contributed by atoms with Crippen molar-refractivity contribution in [1.82, 2.24) is 0 Å². The van der Waals surface area contributed by atoms with Crippen LogP contribution in [0.15, 0.2) is 11.1 Å². The van der Waals surface area contributed by atoms with Gasteiger partial charge in [-0.15, -0.1) is 0 Å². The molecule has 0 amide bonds. The molecule has 4 N–H and O–H groups in total. The molecule has 3 aliphatic rings. The van der Waals surface area contributed by atoms with E-state index in [9.17, 15) is 25.2 Å². The van der Waals surface area contributed by atoms with E-state index in [2.05, 4.69) is 55.4 Å². The van der Waals surface area contributed by atoms with Crippen LogP contribution >= 0.6 is 0 Å². The van der Waals surface area contributed by atoms with Gasteiger partial charge in [0.15, 0.2) is 0 Å². The molecule has 0 heterocycles. The van der Waals surface area contributed by atoms with Gasteiger partial charge < -0.3 is 20.4 Å². The van der Waals surface area contributed by atoms with E-state index in [1.807, 2.05) is 6.92 Å². The Morgan fingerprint density at radius 3 is 1.13 bits per heavy atom. The van der Waals surface area contributed by atoms with E-state index in [0.717, 1.165) is 24.8 Å². The lowest BCUT2D eigenvalue weighted by atomic mass is 9.50. The van der Waals surface area contributed by atoms with E-state index in [1.165, 1.54) is 0 Å². The molecule has 3 fully saturated rings. The summed E-state index contributed by atoms with van der Waals surface area (Å²) in [5.41, 5.74) is -1.46. The fraction of sp³-hybridized carbons (Fsp3) is 0.909. The number of carboxylic acids is 1. The second-order valence-electron chi connectivity index (χ2n) is 15.2. The van der Waals surface area contributed by atoms with Crippen LogP contribution in [0, 0.1) is 51.8 Å². The summed E-state index contributed by atoms with van der Waals surface area (Å²) < 4.78 is 0. The second kappa shape index (κ2) is 11.5. The van der Waals surface area contributed by atoms with Gasteiger partial charge in [0.2, 0.25) is 0 Å². The molecule has 9 atom stereocenters. The summed E-state index contributed by atoms with van der Waals surface area (Å²) in [7, 11) is 0. The van der Waals surface area contributed by atoms with Crippen LogP contribution in [0.25, 0.3) is 0 Å². The zero-order valence-electron chi connectivity index (χ0n) is 25.8. The molecular formula is C33H58O5. The van der Waals surface area contributed by atoms with Gasteiger partial charge in [0, 0.05) is 21.8 Å². The lowest BCUT2D eigenvalue weighted by molar-refractivity contribution is -0.137. The maximum absolute atomic E-state index is 13.4. The van der Waals surface area contributed by atoms with Gasteiger partial charge >= 0.3 is 5.97 Å². The second-order valence-corrected chi connectivity index (χ2v) is 15.2. The maximum Gasteiger partial charge on any atom is 0.332 e. The highest BCUT2D eigenvalue weighted by molar-refractivity contribution is 5.90. The SMILES string of the molecule is CC(C)C1CCC(C)(C(C(=O)O)=C(C2(C)CCC(C(C)C)CC2O)C2(C)CCC(C(C)C)CC2O)C(O)C1. The third-order valence-electron chi connectivity index (χ3n) is 11.9. The van der Waals surface area contributed by atoms with Crippen molar-refractivity contribution in [3.63, 3.8) is 0 Å². The zero-order valence-corrected chi connectivity index (χ0v) is 25.8. The minimum atomic E-state index is -0.997. The van der Waals surface area contributed by atoms with Gasteiger partial charge in [-0.05, 0) is 98.9 Å². The van der Waals surface area contributed by atoms with Crippen molar-refractivity contribution in [2.24, 2.45) is 51.8 Å². The molecule has 0 bridgehead atoms. The minimum Gasteiger partial charge on any atom is -0.478 e. The van der Waals surface area contributed by atoms with Crippen molar-refractivity contribution < 1.29 is 25.2 Å². The number of aliphatic hydroxyl groups is 3. The summed E-state index contributed by atoms with van der Waals surface area (Å²) in [6.45, 7) is 19.2. The first kappa shape index (κ1) is 31.6. The van der Waals surface area contributed by atoms with Crippen LogP contribution < -0.4 is 0 Å². The van der Waals surface area contributed by atoms with Crippen LogP contribution in [-0.4, -0.2) is 44.7 Å². The fourth-order valence-electron chi connectivity index (χ4n) is 8.50. The van der Waals surface area contributed by atoms with Crippen LogP contribution in [0.5, 0.6) is 0 Å². The summed E-state index contributed by atoms with van der Waals surface area (Å²) in [6.07, 6.45) is 4.43. The number of aliphatic carboxylic acids is 1. The molecule has 0 aromatic rings. The normalized spacial score (nSPS) is 42.5. The molecule has 3 saturated carbocycles.